The van der Waals surface area contributed by atoms with Crippen LogP contribution in [-0.4, -0.2) is 24.0 Å². The zero-order valence-electron chi connectivity index (χ0n) is 13.8. The lowest BCUT2D eigenvalue weighted by atomic mass is 9.96. The number of piperidine rings is 1. The molecular formula is C18H17BrF3N3O. The van der Waals surface area contributed by atoms with Crippen molar-refractivity contribution in [2.75, 3.05) is 23.3 Å². The SMILES string of the molecule is O=C(Nc1ccccc1Br)[C@H]1CCCN(c2ncccc2C(F)(F)F)C1. The van der Waals surface area contributed by atoms with E-state index in [2.05, 4.69) is 26.2 Å². The van der Waals surface area contributed by atoms with Crippen LogP contribution in [0.15, 0.2) is 47.1 Å². The van der Waals surface area contributed by atoms with Crippen molar-refractivity contribution >= 4 is 33.3 Å². The molecule has 1 N–H and O–H groups in total. The summed E-state index contributed by atoms with van der Waals surface area (Å²) in [4.78, 5) is 18.1. The fraction of sp³-hybridized carbons (Fsp3) is 0.333. The van der Waals surface area contributed by atoms with E-state index in [4.69, 9.17) is 0 Å². The molecule has 1 aliphatic rings. The lowest BCUT2D eigenvalue weighted by Gasteiger charge is -2.34. The van der Waals surface area contributed by atoms with Gasteiger partial charge in [0.1, 0.15) is 5.82 Å². The maximum absolute atomic E-state index is 13.2. The number of anilines is 2. The van der Waals surface area contributed by atoms with E-state index in [1.807, 2.05) is 12.1 Å². The van der Waals surface area contributed by atoms with Gasteiger partial charge in [-0.1, -0.05) is 12.1 Å². The van der Waals surface area contributed by atoms with Gasteiger partial charge in [0.2, 0.25) is 5.91 Å². The number of nitrogens with zero attached hydrogens (tertiary/aromatic N) is 2. The van der Waals surface area contributed by atoms with Crippen LogP contribution in [-0.2, 0) is 11.0 Å². The molecule has 0 spiro atoms. The Kier molecular flexibility index (Phi) is 5.50. The molecule has 1 aromatic carbocycles. The number of para-hydroxylation sites is 1. The van der Waals surface area contributed by atoms with E-state index < -0.39 is 17.7 Å². The maximum Gasteiger partial charge on any atom is 0.419 e. The zero-order chi connectivity index (χ0) is 18.7. The van der Waals surface area contributed by atoms with Crippen LogP contribution < -0.4 is 10.2 Å². The number of hydrogen-bond donors (Lipinski definition) is 1. The van der Waals surface area contributed by atoms with Gasteiger partial charge in [-0.25, -0.2) is 4.98 Å². The first-order valence-electron chi connectivity index (χ1n) is 8.19. The van der Waals surface area contributed by atoms with E-state index >= 15 is 0 Å². The monoisotopic (exact) mass is 427 g/mol. The van der Waals surface area contributed by atoms with E-state index in [1.54, 1.807) is 17.0 Å². The molecule has 0 saturated carbocycles. The molecule has 8 heteroatoms. The third-order valence-corrected chi connectivity index (χ3v) is 5.01. The van der Waals surface area contributed by atoms with Crippen molar-refractivity contribution in [1.29, 1.82) is 0 Å². The second-order valence-electron chi connectivity index (χ2n) is 6.13. The second kappa shape index (κ2) is 7.65. The van der Waals surface area contributed by atoms with Crippen LogP contribution in [0.2, 0.25) is 0 Å². The minimum atomic E-state index is -4.48. The van der Waals surface area contributed by atoms with Gasteiger partial charge in [-0.3, -0.25) is 4.79 Å². The first-order chi connectivity index (χ1) is 12.4. The summed E-state index contributed by atoms with van der Waals surface area (Å²) in [7, 11) is 0. The number of nitrogens with one attached hydrogen (secondary N) is 1. The quantitative estimate of drug-likeness (QED) is 0.770. The number of amides is 1. The number of carbonyl (C=O) groups excluding carboxylic acids is 1. The molecule has 26 heavy (non-hydrogen) atoms. The average molecular weight is 428 g/mol. The molecule has 0 radical (unpaired) electrons. The standard InChI is InChI=1S/C18H17BrF3N3O/c19-14-7-1-2-8-15(14)24-17(26)12-5-4-10-25(11-12)16-13(18(20,21)22)6-3-9-23-16/h1-3,6-9,12H,4-5,10-11H2,(H,24,26)/t12-/m0/s1. The highest BCUT2D eigenvalue weighted by molar-refractivity contribution is 9.10. The Hall–Kier alpha value is -2.09. The number of halogens is 4. The van der Waals surface area contributed by atoms with Crippen molar-refractivity contribution in [3.05, 3.63) is 52.6 Å². The van der Waals surface area contributed by atoms with Gasteiger partial charge in [0.15, 0.2) is 0 Å². The fourth-order valence-electron chi connectivity index (χ4n) is 3.05. The number of aromatic nitrogens is 1. The van der Waals surface area contributed by atoms with Gasteiger partial charge in [-0.2, -0.15) is 13.2 Å². The fourth-order valence-corrected chi connectivity index (χ4v) is 3.44. The molecule has 1 aromatic heterocycles. The number of hydrogen-bond acceptors (Lipinski definition) is 3. The third kappa shape index (κ3) is 4.17. The van der Waals surface area contributed by atoms with Gasteiger partial charge in [0, 0.05) is 23.8 Å². The lowest BCUT2D eigenvalue weighted by Crippen LogP contribution is -2.42. The van der Waals surface area contributed by atoms with Gasteiger partial charge in [-0.05, 0) is 53.0 Å². The maximum atomic E-state index is 13.2. The summed E-state index contributed by atoms with van der Waals surface area (Å²) >= 11 is 3.37. The van der Waals surface area contributed by atoms with Crippen LogP contribution in [0.1, 0.15) is 18.4 Å². The Labute approximate surface area is 157 Å². The highest BCUT2D eigenvalue weighted by Gasteiger charge is 2.37. The molecule has 1 saturated heterocycles. The molecule has 2 aromatic rings. The van der Waals surface area contributed by atoms with Crippen molar-refractivity contribution in [2.45, 2.75) is 19.0 Å². The number of pyridine rings is 1. The Balaban J connectivity index is 1.76. The minimum absolute atomic E-state index is 0.113. The third-order valence-electron chi connectivity index (χ3n) is 4.32. The first kappa shape index (κ1) is 18.7. The van der Waals surface area contributed by atoms with Gasteiger partial charge < -0.3 is 10.2 Å². The summed E-state index contributed by atoms with van der Waals surface area (Å²) in [5.41, 5.74) is -0.129. The minimum Gasteiger partial charge on any atom is -0.355 e. The normalized spacial score (nSPS) is 17.8. The van der Waals surface area contributed by atoms with E-state index in [0.29, 0.717) is 25.1 Å². The van der Waals surface area contributed by atoms with Crippen LogP contribution in [0.3, 0.4) is 0 Å². The van der Waals surface area contributed by atoms with Crippen molar-refractivity contribution in [3.63, 3.8) is 0 Å². The molecule has 0 unspecified atom stereocenters. The van der Waals surface area contributed by atoms with Gasteiger partial charge in [-0.15, -0.1) is 0 Å². The predicted molar refractivity (Wildman–Crippen MR) is 96.9 cm³/mol. The molecule has 1 amide bonds. The lowest BCUT2D eigenvalue weighted by molar-refractivity contribution is -0.137. The molecule has 0 aliphatic carbocycles. The summed E-state index contributed by atoms with van der Waals surface area (Å²) in [5, 5.41) is 2.84. The number of carbonyl (C=O) groups is 1. The number of alkyl halides is 3. The van der Waals surface area contributed by atoms with Crippen LogP contribution in [0.4, 0.5) is 24.7 Å². The number of rotatable bonds is 3. The van der Waals surface area contributed by atoms with E-state index in [-0.39, 0.29) is 18.3 Å². The average Bonchev–Trinajstić information content (AvgIpc) is 2.63. The van der Waals surface area contributed by atoms with Gasteiger partial charge >= 0.3 is 6.18 Å². The van der Waals surface area contributed by atoms with Gasteiger partial charge in [0.25, 0.3) is 0 Å². The van der Waals surface area contributed by atoms with E-state index in [9.17, 15) is 18.0 Å². The van der Waals surface area contributed by atoms with Crippen LogP contribution in [0, 0.1) is 5.92 Å². The van der Waals surface area contributed by atoms with Gasteiger partial charge in [0.05, 0.1) is 17.2 Å². The Bertz CT molecular complexity index is 797. The van der Waals surface area contributed by atoms with E-state index in [1.165, 1.54) is 12.3 Å². The molecular weight excluding hydrogens is 411 g/mol. The molecule has 1 fully saturated rings. The Morgan fingerprint density at radius 3 is 2.73 bits per heavy atom. The van der Waals surface area contributed by atoms with Crippen molar-refractivity contribution in [2.24, 2.45) is 5.92 Å². The van der Waals surface area contributed by atoms with Crippen LogP contribution in [0.5, 0.6) is 0 Å². The highest BCUT2D eigenvalue weighted by Crippen LogP contribution is 2.36. The second-order valence-corrected chi connectivity index (χ2v) is 6.98. The van der Waals surface area contributed by atoms with E-state index in [0.717, 1.165) is 10.5 Å². The highest BCUT2D eigenvalue weighted by atomic mass is 79.9. The van der Waals surface area contributed by atoms with Crippen LogP contribution in [0.25, 0.3) is 0 Å². The van der Waals surface area contributed by atoms with Crippen LogP contribution >= 0.6 is 15.9 Å². The largest absolute Gasteiger partial charge is 0.419 e. The zero-order valence-corrected chi connectivity index (χ0v) is 15.3. The summed E-state index contributed by atoms with van der Waals surface area (Å²) in [6.07, 6.45) is -1.88. The summed E-state index contributed by atoms with van der Waals surface area (Å²) in [6.45, 7) is 0.648. The van der Waals surface area contributed by atoms with Crippen molar-refractivity contribution in [3.8, 4) is 0 Å². The molecule has 2 heterocycles. The predicted octanol–water partition coefficient (Wildman–Crippen LogP) is 4.72. The summed E-state index contributed by atoms with van der Waals surface area (Å²) in [6, 6.07) is 9.51. The Morgan fingerprint density at radius 1 is 1.23 bits per heavy atom. The topological polar surface area (TPSA) is 45.2 Å². The molecule has 1 aliphatic heterocycles. The molecule has 1 atom stereocenters. The smallest absolute Gasteiger partial charge is 0.355 e. The molecule has 138 valence electrons. The summed E-state index contributed by atoms with van der Waals surface area (Å²) < 4.78 is 40.5. The first-order valence-corrected chi connectivity index (χ1v) is 8.98. The molecule has 3 rings (SSSR count). The van der Waals surface area contributed by atoms with Crippen molar-refractivity contribution < 1.29 is 18.0 Å². The molecule has 4 nitrogen and oxygen atoms in total. The number of benzene rings is 1. The molecule has 0 bridgehead atoms. The Morgan fingerprint density at radius 2 is 2.00 bits per heavy atom. The summed E-state index contributed by atoms with van der Waals surface area (Å²) in [5.74, 6) is -0.719. The van der Waals surface area contributed by atoms with Crippen molar-refractivity contribution in [1.82, 2.24) is 4.98 Å².